The molecule has 0 fully saturated rings. The van der Waals surface area contributed by atoms with Gasteiger partial charge in [0.2, 0.25) is 0 Å². The fourth-order valence-corrected chi connectivity index (χ4v) is 4.82. The zero-order chi connectivity index (χ0) is 18.7. The normalized spacial score (nSPS) is 17.5. The van der Waals surface area contributed by atoms with Crippen LogP contribution in [0.5, 0.6) is 0 Å². The molecule has 0 bridgehead atoms. The third kappa shape index (κ3) is 3.21. The minimum Gasteiger partial charge on any atom is -0.369 e. The molecule has 0 radical (unpaired) electrons. The molecule has 2 unspecified atom stereocenters. The van der Waals surface area contributed by atoms with Crippen molar-refractivity contribution in [2.45, 2.75) is 50.7 Å². The second-order valence-electron chi connectivity index (χ2n) is 7.56. The average molecular weight is 357 g/mol. The lowest BCUT2D eigenvalue weighted by Crippen LogP contribution is -2.40. The van der Waals surface area contributed by atoms with Crippen molar-refractivity contribution in [3.05, 3.63) is 107 Å². The van der Waals surface area contributed by atoms with E-state index in [0.717, 1.165) is 19.3 Å². The zero-order valence-corrected chi connectivity index (χ0v) is 16.3. The van der Waals surface area contributed by atoms with Crippen LogP contribution in [0.3, 0.4) is 0 Å². The fourth-order valence-electron chi connectivity index (χ4n) is 4.82. The Labute approximate surface area is 163 Å². The molecular weight excluding hydrogens is 328 g/mol. The van der Waals surface area contributed by atoms with E-state index in [2.05, 4.69) is 98.8 Å². The van der Waals surface area contributed by atoms with Crippen molar-refractivity contribution < 1.29 is 4.74 Å². The van der Waals surface area contributed by atoms with Gasteiger partial charge < -0.3 is 4.74 Å². The van der Waals surface area contributed by atoms with Gasteiger partial charge in [-0.15, -0.1) is 0 Å². The number of fused-ring (bicyclic) bond motifs is 1. The lowest BCUT2D eigenvalue weighted by Gasteiger charge is -2.41. The molecule has 1 nitrogen and oxygen atoms in total. The van der Waals surface area contributed by atoms with Crippen LogP contribution in [0.2, 0.25) is 0 Å². The van der Waals surface area contributed by atoms with E-state index in [1.54, 1.807) is 0 Å². The number of benzene rings is 3. The molecule has 0 aliphatic heterocycles. The molecule has 0 saturated heterocycles. The average Bonchev–Trinajstić information content (AvgIpc) is 3.14. The summed E-state index contributed by atoms with van der Waals surface area (Å²) >= 11 is 0. The Morgan fingerprint density at radius 2 is 1.41 bits per heavy atom. The second-order valence-corrected chi connectivity index (χ2v) is 7.56. The van der Waals surface area contributed by atoms with Crippen molar-refractivity contribution in [3.8, 4) is 0 Å². The van der Waals surface area contributed by atoms with E-state index >= 15 is 0 Å². The Hall–Kier alpha value is -2.38. The van der Waals surface area contributed by atoms with Crippen LogP contribution < -0.4 is 0 Å². The fraction of sp³-hybridized carbons (Fsp3) is 0.308. The molecule has 4 rings (SSSR count). The lowest BCUT2D eigenvalue weighted by atomic mass is 9.69. The third-order valence-corrected chi connectivity index (χ3v) is 6.28. The molecule has 0 aromatic heterocycles. The maximum atomic E-state index is 6.80. The van der Waals surface area contributed by atoms with Gasteiger partial charge in [-0.3, -0.25) is 0 Å². The molecule has 0 amide bonds. The highest BCUT2D eigenvalue weighted by Gasteiger charge is 2.40. The highest BCUT2D eigenvalue weighted by molar-refractivity contribution is 5.41. The van der Waals surface area contributed by atoms with Gasteiger partial charge in [0.1, 0.15) is 0 Å². The molecule has 1 heteroatoms. The highest BCUT2D eigenvalue weighted by atomic mass is 16.5. The third-order valence-electron chi connectivity index (χ3n) is 6.28. The second kappa shape index (κ2) is 7.70. The summed E-state index contributed by atoms with van der Waals surface area (Å²) < 4.78 is 6.80. The molecule has 0 saturated carbocycles. The van der Waals surface area contributed by atoms with E-state index in [-0.39, 0.29) is 17.6 Å². The molecule has 0 N–H and O–H groups in total. The number of aryl methyl sites for hydroxylation is 1. The largest absolute Gasteiger partial charge is 0.369 e. The topological polar surface area (TPSA) is 9.23 Å². The van der Waals surface area contributed by atoms with Crippen molar-refractivity contribution in [1.82, 2.24) is 0 Å². The van der Waals surface area contributed by atoms with Crippen molar-refractivity contribution in [2.24, 2.45) is 0 Å². The Balaban J connectivity index is 1.73. The first kappa shape index (κ1) is 18.0. The predicted octanol–water partition coefficient (Wildman–Crippen LogP) is 6.48. The molecule has 3 aromatic rings. The SMILES string of the molecule is CCC(c1ccccc1)(c1ccccc1)C(C)OC1CCc2ccccc21. The predicted molar refractivity (Wildman–Crippen MR) is 112 cm³/mol. The van der Waals surface area contributed by atoms with Gasteiger partial charge in [0.25, 0.3) is 0 Å². The van der Waals surface area contributed by atoms with Crippen molar-refractivity contribution in [3.63, 3.8) is 0 Å². The summed E-state index contributed by atoms with van der Waals surface area (Å²) in [5.41, 5.74) is 5.32. The molecule has 1 aliphatic rings. The molecule has 1 aliphatic carbocycles. The van der Waals surface area contributed by atoms with Crippen LogP contribution in [-0.4, -0.2) is 6.10 Å². The summed E-state index contributed by atoms with van der Waals surface area (Å²) in [5.74, 6) is 0. The maximum absolute atomic E-state index is 6.80. The van der Waals surface area contributed by atoms with Crippen molar-refractivity contribution in [2.75, 3.05) is 0 Å². The summed E-state index contributed by atoms with van der Waals surface area (Å²) in [7, 11) is 0. The molecule has 0 heterocycles. The molecular formula is C26H28O. The number of hydrogen-bond acceptors (Lipinski definition) is 1. The molecule has 2 atom stereocenters. The van der Waals surface area contributed by atoms with E-state index in [1.165, 1.54) is 22.3 Å². The Morgan fingerprint density at radius 3 is 2.00 bits per heavy atom. The molecule has 0 spiro atoms. The molecule has 3 aromatic carbocycles. The minimum absolute atomic E-state index is 0.0726. The monoisotopic (exact) mass is 356 g/mol. The summed E-state index contributed by atoms with van der Waals surface area (Å²) in [6, 6.07) is 30.5. The summed E-state index contributed by atoms with van der Waals surface area (Å²) in [4.78, 5) is 0. The Kier molecular flexibility index (Phi) is 5.13. The first-order valence-corrected chi connectivity index (χ1v) is 10.1. The summed E-state index contributed by atoms with van der Waals surface area (Å²) in [6.45, 7) is 4.53. The van der Waals surface area contributed by atoms with Crippen LogP contribution in [0.25, 0.3) is 0 Å². The first-order valence-electron chi connectivity index (χ1n) is 10.1. The number of ether oxygens (including phenoxy) is 1. The van der Waals surface area contributed by atoms with E-state index < -0.39 is 0 Å². The standard InChI is InChI=1S/C26H28O/c1-3-26(22-13-6-4-7-14-22,23-15-8-5-9-16-23)20(2)27-25-19-18-21-12-10-11-17-24(21)25/h4-17,20,25H,3,18-19H2,1-2H3. The van der Waals surface area contributed by atoms with Gasteiger partial charge in [-0.1, -0.05) is 91.9 Å². The van der Waals surface area contributed by atoms with Crippen LogP contribution in [0.1, 0.15) is 55.0 Å². The number of hydrogen-bond donors (Lipinski definition) is 0. The van der Waals surface area contributed by atoms with E-state index in [9.17, 15) is 0 Å². The number of rotatable bonds is 6. The van der Waals surface area contributed by atoms with Gasteiger partial charge in [0, 0.05) is 5.41 Å². The maximum Gasteiger partial charge on any atom is 0.0835 e. The molecule has 138 valence electrons. The summed E-state index contributed by atoms with van der Waals surface area (Å²) in [6.07, 6.45) is 3.45. The van der Waals surface area contributed by atoms with Gasteiger partial charge in [-0.05, 0) is 48.4 Å². The zero-order valence-electron chi connectivity index (χ0n) is 16.3. The van der Waals surface area contributed by atoms with E-state index in [1.807, 2.05) is 0 Å². The van der Waals surface area contributed by atoms with Crippen molar-refractivity contribution in [1.29, 1.82) is 0 Å². The summed E-state index contributed by atoms with van der Waals surface area (Å²) in [5, 5.41) is 0. The first-order chi connectivity index (χ1) is 13.3. The smallest absolute Gasteiger partial charge is 0.0835 e. The van der Waals surface area contributed by atoms with Crippen molar-refractivity contribution >= 4 is 0 Å². The van der Waals surface area contributed by atoms with Gasteiger partial charge in [0.05, 0.1) is 12.2 Å². The highest BCUT2D eigenvalue weighted by Crippen LogP contribution is 2.44. The lowest BCUT2D eigenvalue weighted by molar-refractivity contribution is -0.0373. The van der Waals surface area contributed by atoms with E-state index in [0.29, 0.717) is 0 Å². The van der Waals surface area contributed by atoms with Crippen LogP contribution in [0.15, 0.2) is 84.9 Å². The van der Waals surface area contributed by atoms with Crippen LogP contribution in [-0.2, 0) is 16.6 Å². The van der Waals surface area contributed by atoms with Crippen LogP contribution in [0.4, 0.5) is 0 Å². The van der Waals surface area contributed by atoms with Gasteiger partial charge >= 0.3 is 0 Å². The van der Waals surface area contributed by atoms with E-state index in [4.69, 9.17) is 4.74 Å². The Bertz CT molecular complexity index is 829. The quantitative estimate of drug-likeness (QED) is 0.491. The van der Waals surface area contributed by atoms with Gasteiger partial charge in [-0.2, -0.15) is 0 Å². The van der Waals surface area contributed by atoms with Crippen LogP contribution in [0, 0.1) is 0 Å². The van der Waals surface area contributed by atoms with Crippen LogP contribution >= 0.6 is 0 Å². The minimum atomic E-state index is -0.153. The molecule has 27 heavy (non-hydrogen) atoms. The Morgan fingerprint density at radius 1 is 0.852 bits per heavy atom. The van der Waals surface area contributed by atoms with Gasteiger partial charge in [0.15, 0.2) is 0 Å². The van der Waals surface area contributed by atoms with Gasteiger partial charge in [-0.25, -0.2) is 0 Å².